The van der Waals surface area contributed by atoms with Crippen molar-refractivity contribution in [2.45, 2.75) is 276 Å². The number of likely N-dealkylation sites (tertiary alicyclic amines) is 2. The Hall–Kier alpha value is -2.24. The smallest absolute Gasteiger partial charge is 0.323 e. The van der Waals surface area contributed by atoms with Gasteiger partial charge in [0, 0.05) is 45.4 Å². The molecule has 2 heterocycles. The van der Waals surface area contributed by atoms with Crippen molar-refractivity contribution in [2.75, 3.05) is 45.9 Å². The van der Waals surface area contributed by atoms with Crippen molar-refractivity contribution in [3.63, 3.8) is 0 Å². The Balaban J connectivity index is 1.68. The van der Waals surface area contributed by atoms with E-state index in [-0.39, 0.29) is 48.6 Å². The largest absolute Gasteiger partial charge is 0.466 e. The van der Waals surface area contributed by atoms with E-state index in [9.17, 15) is 24.3 Å². The van der Waals surface area contributed by atoms with Gasteiger partial charge in [0.1, 0.15) is 18.2 Å². The fraction of sp³-hybridized carbons (Fsp3) is 0.926. The molecule has 0 unspecified atom stereocenters. The molecule has 2 rings (SSSR count). The van der Waals surface area contributed by atoms with Gasteiger partial charge >= 0.3 is 23.9 Å². The standard InChI is InChI=1S/C54H100N2O9/c1-4-7-10-13-16-17-18-23-31-42-62-51(58)35-29-25-30-39-56-46-49(65-53(60)38-41-55-40-37-47(57)45-55)44-50(56)54(61)63-43-32-24-19-22-28-36-52(59)64-48(33-26-20-14-11-8-5-2)34-27-21-15-12-9-6-3/h47-50,57H,4-46H2,1-3H3/t47-,49+,50+/m1/s1. The molecule has 1 N–H and O–H groups in total. The first-order valence-corrected chi connectivity index (χ1v) is 27.6. The summed E-state index contributed by atoms with van der Waals surface area (Å²) in [7, 11) is 0. The third-order valence-corrected chi connectivity index (χ3v) is 13.5. The number of hydrogen-bond acceptors (Lipinski definition) is 11. The molecule has 0 aromatic carbocycles. The molecule has 3 atom stereocenters. The van der Waals surface area contributed by atoms with Crippen LogP contribution in [0.4, 0.5) is 0 Å². The predicted octanol–water partition coefficient (Wildman–Crippen LogP) is 12.4. The second kappa shape index (κ2) is 40.8. The van der Waals surface area contributed by atoms with Crippen molar-refractivity contribution in [1.29, 1.82) is 0 Å². The number of hydrogen-bond donors (Lipinski definition) is 1. The Morgan fingerprint density at radius 2 is 1.02 bits per heavy atom. The van der Waals surface area contributed by atoms with Gasteiger partial charge < -0.3 is 29.0 Å². The molecule has 380 valence electrons. The summed E-state index contributed by atoms with van der Waals surface area (Å²) < 4.78 is 23.2. The van der Waals surface area contributed by atoms with Gasteiger partial charge in [-0.3, -0.25) is 24.1 Å². The number of nitrogens with zero attached hydrogens (tertiary/aromatic N) is 2. The van der Waals surface area contributed by atoms with E-state index in [1.54, 1.807) is 0 Å². The molecule has 0 amide bonds. The van der Waals surface area contributed by atoms with Crippen molar-refractivity contribution < 1.29 is 43.2 Å². The van der Waals surface area contributed by atoms with Crippen LogP contribution < -0.4 is 0 Å². The Morgan fingerprint density at radius 3 is 1.57 bits per heavy atom. The molecular formula is C54H100N2O9. The van der Waals surface area contributed by atoms with Gasteiger partial charge in [-0.15, -0.1) is 0 Å². The molecule has 0 aromatic heterocycles. The maximum absolute atomic E-state index is 13.4. The van der Waals surface area contributed by atoms with Crippen molar-refractivity contribution in [1.82, 2.24) is 9.80 Å². The maximum Gasteiger partial charge on any atom is 0.323 e. The SMILES string of the molecule is CCCCCCCCCCCOC(=O)CCCCCN1C[C@@H](OC(=O)CCN2CC[C@@H](O)C2)C[C@H]1C(=O)OCCCCCCCC(=O)OC(CCCCCCCC)CCCCCCCC. The lowest BCUT2D eigenvalue weighted by molar-refractivity contribution is -0.151. The van der Waals surface area contributed by atoms with Crippen LogP contribution in [0.2, 0.25) is 0 Å². The minimum atomic E-state index is -0.472. The second-order valence-corrected chi connectivity index (χ2v) is 19.6. The first kappa shape index (κ1) is 58.9. The van der Waals surface area contributed by atoms with Crippen molar-refractivity contribution in [3.8, 4) is 0 Å². The van der Waals surface area contributed by atoms with Crippen LogP contribution in [-0.4, -0.2) is 109 Å². The highest BCUT2D eigenvalue weighted by molar-refractivity contribution is 5.76. The average Bonchev–Trinajstić information content (AvgIpc) is 3.91. The predicted molar refractivity (Wildman–Crippen MR) is 263 cm³/mol. The number of β-amino-alcohol motifs (C(OH)–C–C–N with tert-alkyl or cyclic N) is 1. The zero-order chi connectivity index (χ0) is 47.0. The molecule has 2 aliphatic heterocycles. The summed E-state index contributed by atoms with van der Waals surface area (Å²) in [5, 5.41) is 9.83. The fourth-order valence-corrected chi connectivity index (χ4v) is 9.36. The van der Waals surface area contributed by atoms with Gasteiger partial charge in [0.25, 0.3) is 0 Å². The van der Waals surface area contributed by atoms with Crippen molar-refractivity contribution in [3.05, 3.63) is 0 Å². The van der Waals surface area contributed by atoms with Crippen molar-refractivity contribution in [2.24, 2.45) is 0 Å². The second-order valence-electron chi connectivity index (χ2n) is 19.6. The van der Waals surface area contributed by atoms with Gasteiger partial charge in [-0.2, -0.15) is 0 Å². The first-order valence-electron chi connectivity index (χ1n) is 27.6. The quantitative estimate of drug-likeness (QED) is 0.0356. The third kappa shape index (κ3) is 32.2. The van der Waals surface area contributed by atoms with E-state index in [2.05, 4.69) is 30.6 Å². The minimum Gasteiger partial charge on any atom is -0.466 e. The van der Waals surface area contributed by atoms with E-state index in [4.69, 9.17) is 18.9 Å². The Morgan fingerprint density at radius 1 is 0.523 bits per heavy atom. The molecule has 0 aromatic rings. The molecule has 11 nitrogen and oxygen atoms in total. The number of aliphatic hydroxyl groups is 1. The topological polar surface area (TPSA) is 132 Å². The van der Waals surface area contributed by atoms with E-state index in [0.717, 1.165) is 103 Å². The summed E-state index contributed by atoms with van der Waals surface area (Å²) in [5.74, 6) is -0.736. The van der Waals surface area contributed by atoms with Gasteiger partial charge in [0.2, 0.25) is 0 Å². The lowest BCUT2D eigenvalue weighted by Gasteiger charge is -2.22. The van der Waals surface area contributed by atoms with Crippen LogP contribution in [0.5, 0.6) is 0 Å². The van der Waals surface area contributed by atoms with E-state index >= 15 is 0 Å². The molecule has 0 saturated carbocycles. The van der Waals surface area contributed by atoms with E-state index < -0.39 is 6.04 Å². The zero-order valence-electron chi connectivity index (χ0n) is 42.3. The number of carbonyl (C=O) groups excluding carboxylic acids is 4. The summed E-state index contributed by atoms with van der Waals surface area (Å²) in [6.07, 6.45) is 36.5. The molecular weight excluding hydrogens is 821 g/mol. The average molecular weight is 921 g/mol. The summed E-state index contributed by atoms with van der Waals surface area (Å²) in [5.41, 5.74) is 0. The van der Waals surface area contributed by atoms with Crippen molar-refractivity contribution >= 4 is 23.9 Å². The van der Waals surface area contributed by atoms with Gasteiger partial charge in [0.15, 0.2) is 0 Å². The molecule has 2 aliphatic rings. The van der Waals surface area contributed by atoms with Crippen LogP contribution in [0.15, 0.2) is 0 Å². The highest BCUT2D eigenvalue weighted by Crippen LogP contribution is 2.24. The van der Waals surface area contributed by atoms with Crippen LogP contribution >= 0.6 is 0 Å². The molecule has 0 aliphatic carbocycles. The van der Waals surface area contributed by atoms with Gasteiger partial charge in [0.05, 0.1) is 25.7 Å². The normalized spacial score (nSPS) is 17.8. The first-order chi connectivity index (χ1) is 31.7. The number of ether oxygens (including phenoxy) is 4. The van der Waals surface area contributed by atoms with Crippen LogP contribution in [0.3, 0.4) is 0 Å². The van der Waals surface area contributed by atoms with Crippen LogP contribution in [-0.2, 0) is 38.1 Å². The molecule has 0 bridgehead atoms. The molecule has 2 fully saturated rings. The van der Waals surface area contributed by atoms with Gasteiger partial charge in [-0.1, -0.05) is 162 Å². The summed E-state index contributed by atoms with van der Waals surface area (Å²) in [6.45, 7) is 10.6. The lowest BCUT2D eigenvalue weighted by Crippen LogP contribution is -2.38. The lowest BCUT2D eigenvalue weighted by atomic mass is 10.0. The highest BCUT2D eigenvalue weighted by Gasteiger charge is 2.39. The van der Waals surface area contributed by atoms with Crippen LogP contribution in [0.25, 0.3) is 0 Å². The summed E-state index contributed by atoms with van der Waals surface area (Å²) in [6, 6.07) is -0.472. The number of rotatable bonds is 44. The Labute approximate surface area is 397 Å². The summed E-state index contributed by atoms with van der Waals surface area (Å²) >= 11 is 0. The molecule has 0 radical (unpaired) electrons. The molecule has 11 heteroatoms. The van der Waals surface area contributed by atoms with E-state index in [1.807, 2.05) is 0 Å². The Bertz CT molecular complexity index is 1170. The Kier molecular flexibility index (Phi) is 37.0. The number of unbranched alkanes of at least 4 members (excludes halogenated alkanes) is 24. The zero-order valence-corrected chi connectivity index (χ0v) is 42.3. The number of carbonyl (C=O) groups is 4. The highest BCUT2D eigenvalue weighted by atomic mass is 16.6. The van der Waals surface area contributed by atoms with Gasteiger partial charge in [-0.05, 0) is 70.8 Å². The minimum absolute atomic E-state index is 0.0537. The molecule has 0 spiro atoms. The van der Waals surface area contributed by atoms with E-state index in [1.165, 1.54) is 109 Å². The monoisotopic (exact) mass is 921 g/mol. The molecule has 65 heavy (non-hydrogen) atoms. The third-order valence-electron chi connectivity index (χ3n) is 13.5. The van der Waals surface area contributed by atoms with Crippen LogP contribution in [0, 0.1) is 0 Å². The molecule has 2 saturated heterocycles. The fourth-order valence-electron chi connectivity index (χ4n) is 9.36. The van der Waals surface area contributed by atoms with E-state index in [0.29, 0.717) is 58.7 Å². The van der Waals surface area contributed by atoms with Crippen LogP contribution in [0.1, 0.15) is 252 Å². The number of aliphatic hydroxyl groups excluding tert-OH is 1. The summed E-state index contributed by atoms with van der Waals surface area (Å²) in [4.78, 5) is 55.6. The number of esters is 4. The van der Waals surface area contributed by atoms with Gasteiger partial charge in [-0.25, -0.2) is 0 Å². The maximum atomic E-state index is 13.4.